The summed E-state index contributed by atoms with van der Waals surface area (Å²) in [5.74, 6) is 0. The van der Waals surface area contributed by atoms with Crippen LogP contribution in [0.2, 0.25) is 0 Å². The van der Waals surface area contributed by atoms with Crippen molar-refractivity contribution in [2.24, 2.45) is 5.73 Å². The molecule has 3 heteroatoms. The molecule has 0 atom stereocenters. The van der Waals surface area contributed by atoms with Gasteiger partial charge in [-0.1, -0.05) is 6.07 Å². The molecule has 0 saturated heterocycles. The summed E-state index contributed by atoms with van der Waals surface area (Å²) in [7, 11) is 0. The predicted molar refractivity (Wildman–Crippen MR) is 53.7 cm³/mol. The van der Waals surface area contributed by atoms with E-state index < -0.39 is 0 Å². The van der Waals surface area contributed by atoms with Crippen molar-refractivity contribution >= 4 is 0 Å². The van der Waals surface area contributed by atoms with Gasteiger partial charge in [-0.15, -0.1) is 0 Å². The SMILES string of the molecule is Cc1cccc(=O)n1CC(C)(C)N. The topological polar surface area (TPSA) is 48.0 Å². The second-order valence-corrected chi connectivity index (χ2v) is 4.08. The maximum atomic E-state index is 11.4. The van der Waals surface area contributed by atoms with Gasteiger partial charge in [0.2, 0.25) is 0 Å². The molecule has 3 nitrogen and oxygen atoms in total. The third-order valence-corrected chi connectivity index (χ3v) is 1.83. The van der Waals surface area contributed by atoms with Gasteiger partial charge < -0.3 is 10.3 Å². The van der Waals surface area contributed by atoms with Crippen LogP contribution in [-0.4, -0.2) is 10.1 Å². The van der Waals surface area contributed by atoms with Gasteiger partial charge in [0, 0.05) is 23.8 Å². The fourth-order valence-electron chi connectivity index (χ4n) is 1.23. The molecule has 0 aliphatic heterocycles. The fourth-order valence-corrected chi connectivity index (χ4v) is 1.23. The number of hydrogen-bond acceptors (Lipinski definition) is 2. The van der Waals surface area contributed by atoms with Crippen LogP contribution in [0.25, 0.3) is 0 Å². The quantitative estimate of drug-likeness (QED) is 0.735. The molecule has 72 valence electrons. The smallest absolute Gasteiger partial charge is 0.250 e. The Kier molecular flexibility index (Phi) is 2.57. The minimum atomic E-state index is -0.351. The number of aryl methyl sites for hydroxylation is 1. The Morgan fingerprint density at radius 3 is 2.54 bits per heavy atom. The molecule has 0 aliphatic carbocycles. The van der Waals surface area contributed by atoms with Gasteiger partial charge in [0.1, 0.15) is 0 Å². The van der Waals surface area contributed by atoms with E-state index in [1.54, 1.807) is 16.7 Å². The van der Waals surface area contributed by atoms with Gasteiger partial charge in [0.25, 0.3) is 5.56 Å². The zero-order chi connectivity index (χ0) is 10.1. The first kappa shape index (κ1) is 9.99. The van der Waals surface area contributed by atoms with Crippen molar-refractivity contribution in [3.63, 3.8) is 0 Å². The summed E-state index contributed by atoms with van der Waals surface area (Å²) in [6.07, 6.45) is 0. The highest BCUT2D eigenvalue weighted by Crippen LogP contribution is 2.02. The molecule has 2 N–H and O–H groups in total. The van der Waals surface area contributed by atoms with Crippen LogP contribution in [0, 0.1) is 6.92 Å². The van der Waals surface area contributed by atoms with Crippen molar-refractivity contribution in [3.05, 3.63) is 34.2 Å². The van der Waals surface area contributed by atoms with Gasteiger partial charge in [0.15, 0.2) is 0 Å². The summed E-state index contributed by atoms with van der Waals surface area (Å²) in [4.78, 5) is 11.4. The Bertz CT molecular complexity index is 347. The molecular weight excluding hydrogens is 164 g/mol. The number of hydrogen-bond donors (Lipinski definition) is 1. The lowest BCUT2D eigenvalue weighted by Gasteiger charge is -2.21. The minimum Gasteiger partial charge on any atom is -0.324 e. The van der Waals surface area contributed by atoms with E-state index in [1.807, 2.05) is 26.8 Å². The van der Waals surface area contributed by atoms with Gasteiger partial charge in [-0.3, -0.25) is 4.79 Å². The second-order valence-electron chi connectivity index (χ2n) is 4.08. The Morgan fingerprint density at radius 2 is 2.08 bits per heavy atom. The standard InChI is InChI=1S/C10H16N2O/c1-8-5-4-6-9(13)12(8)7-10(2,3)11/h4-6H,7,11H2,1-3H3. The Balaban J connectivity index is 3.08. The van der Waals surface area contributed by atoms with Crippen LogP contribution in [0.3, 0.4) is 0 Å². The van der Waals surface area contributed by atoms with Gasteiger partial charge in [-0.2, -0.15) is 0 Å². The summed E-state index contributed by atoms with van der Waals surface area (Å²) < 4.78 is 1.69. The van der Waals surface area contributed by atoms with E-state index in [0.29, 0.717) is 6.54 Å². The van der Waals surface area contributed by atoms with E-state index in [9.17, 15) is 4.79 Å². The molecule has 0 saturated carbocycles. The summed E-state index contributed by atoms with van der Waals surface area (Å²) in [5, 5.41) is 0. The summed E-state index contributed by atoms with van der Waals surface area (Å²) in [6, 6.07) is 5.23. The number of aromatic nitrogens is 1. The van der Waals surface area contributed by atoms with Crippen LogP contribution in [0.4, 0.5) is 0 Å². The molecule has 0 spiro atoms. The Labute approximate surface area is 78.2 Å². The van der Waals surface area contributed by atoms with E-state index in [0.717, 1.165) is 5.69 Å². The van der Waals surface area contributed by atoms with E-state index in [1.165, 1.54) is 0 Å². The number of nitrogens with two attached hydrogens (primary N) is 1. The minimum absolute atomic E-state index is 0.0125. The molecule has 1 aromatic heterocycles. The van der Waals surface area contributed by atoms with E-state index in [4.69, 9.17) is 5.73 Å². The van der Waals surface area contributed by atoms with Crippen molar-refractivity contribution < 1.29 is 0 Å². The van der Waals surface area contributed by atoms with E-state index in [-0.39, 0.29) is 11.1 Å². The Hall–Kier alpha value is -1.09. The van der Waals surface area contributed by atoms with Crippen molar-refractivity contribution in [2.75, 3.05) is 0 Å². The highest BCUT2D eigenvalue weighted by Gasteiger charge is 2.12. The predicted octanol–water partition coefficient (Wildman–Crippen LogP) is 0.894. The van der Waals surface area contributed by atoms with Crippen LogP contribution in [0.15, 0.2) is 23.0 Å². The average molecular weight is 180 g/mol. The highest BCUT2D eigenvalue weighted by atomic mass is 16.1. The zero-order valence-electron chi connectivity index (χ0n) is 8.37. The van der Waals surface area contributed by atoms with Gasteiger partial charge in [-0.05, 0) is 26.8 Å². The van der Waals surface area contributed by atoms with Gasteiger partial charge in [0.05, 0.1) is 0 Å². The first-order valence-electron chi connectivity index (χ1n) is 4.35. The molecule has 0 fully saturated rings. The van der Waals surface area contributed by atoms with Gasteiger partial charge in [-0.25, -0.2) is 0 Å². The maximum Gasteiger partial charge on any atom is 0.250 e. The lowest BCUT2D eigenvalue weighted by Crippen LogP contribution is -2.40. The van der Waals surface area contributed by atoms with Crippen LogP contribution < -0.4 is 11.3 Å². The molecule has 0 aliphatic rings. The molecule has 0 aromatic carbocycles. The average Bonchev–Trinajstić information content (AvgIpc) is 1.95. The monoisotopic (exact) mass is 180 g/mol. The molecule has 1 rings (SSSR count). The summed E-state index contributed by atoms with van der Waals surface area (Å²) in [5.41, 5.74) is 6.46. The van der Waals surface area contributed by atoms with Crippen molar-refractivity contribution in [2.45, 2.75) is 32.9 Å². The lowest BCUT2D eigenvalue weighted by molar-refractivity contribution is 0.421. The van der Waals surface area contributed by atoms with Crippen LogP contribution in [0.5, 0.6) is 0 Å². The molecule has 0 amide bonds. The summed E-state index contributed by atoms with van der Waals surface area (Å²) >= 11 is 0. The third-order valence-electron chi connectivity index (χ3n) is 1.83. The molecule has 0 bridgehead atoms. The highest BCUT2D eigenvalue weighted by molar-refractivity contribution is 5.05. The van der Waals surface area contributed by atoms with Crippen LogP contribution in [0.1, 0.15) is 19.5 Å². The van der Waals surface area contributed by atoms with E-state index in [2.05, 4.69) is 0 Å². The largest absolute Gasteiger partial charge is 0.324 e. The Morgan fingerprint density at radius 1 is 1.46 bits per heavy atom. The summed E-state index contributed by atoms with van der Waals surface area (Å²) in [6.45, 7) is 6.28. The molecule has 0 radical (unpaired) electrons. The normalized spacial score (nSPS) is 11.7. The van der Waals surface area contributed by atoms with E-state index >= 15 is 0 Å². The second kappa shape index (κ2) is 3.34. The molecular formula is C10H16N2O. The fraction of sp³-hybridized carbons (Fsp3) is 0.500. The zero-order valence-corrected chi connectivity index (χ0v) is 8.37. The number of rotatable bonds is 2. The number of nitrogens with zero attached hydrogens (tertiary/aromatic N) is 1. The van der Waals surface area contributed by atoms with Crippen molar-refractivity contribution in [3.8, 4) is 0 Å². The molecule has 13 heavy (non-hydrogen) atoms. The van der Waals surface area contributed by atoms with Crippen LogP contribution >= 0.6 is 0 Å². The maximum absolute atomic E-state index is 11.4. The van der Waals surface area contributed by atoms with Gasteiger partial charge >= 0.3 is 0 Å². The third kappa shape index (κ3) is 2.70. The molecule has 0 unspecified atom stereocenters. The molecule has 1 aromatic rings. The molecule has 1 heterocycles. The van der Waals surface area contributed by atoms with Crippen molar-refractivity contribution in [1.29, 1.82) is 0 Å². The number of pyridine rings is 1. The first-order chi connectivity index (χ1) is 5.90. The lowest BCUT2D eigenvalue weighted by atomic mass is 10.1. The van der Waals surface area contributed by atoms with Crippen molar-refractivity contribution in [1.82, 2.24) is 4.57 Å². The van der Waals surface area contributed by atoms with Crippen LogP contribution in [-0.2, 0) is 6.54 Å². The first-order valence-corrected chi connectivity index (χ1v) is 4.35.